The fraction of sp³-hybridized carbons (Fsp3) is 0.333. The van der Waals surface area contributed by atoms with Gasteiger partial charge in [-0.05, 0) is 37.1 Å². The van der Waals surface area contributed by atoms with Crippen LogP contribution in [0.25, 0.3) is 11.1 Å². The molecule has 0 aliphatic carbocycles. The lowest BCUT2D eigenvalue weighted by Crippen LogP contribution is -2.31. The smallest absolute Gasteiger partial charge is 0.320 e. The number of carbonyl (C=O) groups excluding carboxylic acids is 2. The minimum absolute atomic E-state index is 0.0617. The maximum absolute atomic E-state index is 12.2. The summed E-state index contributed by atoms with van der Waals surface area (Å²) in [4.78, 5) is 35.5. The van der Waals surface area contributed by atoms with Crippen molar-refractivity contribution in [2.45, 2.75) is 26.3 Å². The molecule has 0 spiro atoms. The Morgan fingerprint density at radius 3 is 2.07 bits per heavy atom. The van der Waals surface area contributed by atoms with Crippen molar-refractivity contribution in [1.29, 1.82) is 0 Å². The van der Waals surface area contributed by atoms with Gasteiger partial charge in [0.05, 0.1) is 13.2 Å². The second-order valence-electron chi connectivity index (χ2n) is 6.23. The van der Waals surface area contributed by atoms with Crippen LogP contribution in [-0.2, 0) is 19.1 Å². The number of esters is 2. The molecule has 0 aromatic heterocycles. The number of benzene rings is 2. The third-order valence-corrected chi connectivity index (χ3v) is 4.54. The highest BCUT2D eigenvalue weighted by Gasteiger charge is 2.37. The van der Waals surface area contributed by atoms with Crippen molar-refractivity contribution in [3.63, 3.8) is 0 Å². The number of rotatable bonds is 9. The minimum Gasteiger partial charge on any atom is -0.465 e. The lowest BCUT2D eigenvalue weighted by atomic mass is 9.93. The first kappa shape index (κ1) is 22.4. The number of nitrogens with zero attached hydrogens (tertiary/aromatic N) is 1. The summed E-state index contributed by atoms with van der Waals surface area (Å²) in [5.41, 5.74) is 2.09. The van der Waals surface area contributed by atoms with Crippen LogP contribution in [-0.4, -0.2) is 30.1 Å². The van der Waals surface area contributed by atoms with Crippen molar-refractivity contribution in [1.82, 2.24) is 0 Å². The molecular formula is C21H22ClNO6. The summed E-state index contributed by atoms with van der Waals surface area (Å²) in [6, 6.07) is 12.7. The molecule has 7 nitrogen and oxygen atoms in total. The van der Waals surface area contributed by atoms with Gasteiger partial charge in [-0.1, -0.05) is 48.0 Å². The van der Waals surface area contributed by atoms with E-state index in [1.807, 2.05) is 12.1 Å². The van der Waals surface area contributed by atoms with Crippen LogP contribution in [0.3, 0.4) is 0 Å². The quantitative estimate of drug-likeness (QED) is 0.258. The zero-order chi connectivity index (χ0) is 21.4. The Morgan fingerprint density at radius 2 is 1.59 bits per heavy atom. The van der Waals surface area contributed by atoms with E-state index < -0.39 is 28.8 Å². The van der Waals surface area contributed by atoms with Gasteiger partial charge in [-0.3, -0.25) is 19.7 Å². The van der Waals surface area contributed by atoms with Crippen LogP contribution < -0.4 is 0 Å². The summed E-state index contributed by atoms with van der Waals surface area (Å²) in [6.45, 7) is 3.32. The van der Waals surface area contributed by atoms with Gasteiger partial charge in [0.2, 0.25) is 6.04 Å². The molecule has 0 heterocycles. The molecule has 1 unspecified atom stereocenters. The number of halogens is 1. The van der Waals surface area contributed by atoms with Crippen LogP contribution in [0, 0.1) is 16.0 Å². The molecule has 2 aromatic rings. The topological polar surface area (TPSA) is 95.7 Å². The molecule has 0 N–H and O–H groups in total. The second kappa shape index (κ2) is 10.6. The van der Waals surface area contributed by atoms with Crippen molar-refractivity contribution in [3.8, 4) is 11.1 Å². The molecule has 2 aromatic carbocycles. The minimum atomic E-state index is -1.36. The van der Waals surface area contributed by atoms with Crippen LogP contribution >= 0.6 is 11.6 Å². The van der Waals surface area contributed by atoms with Crippen molar-refractivity contribution >= 4 is 23.5 Å². The average molecular weight is 420 g/mol. The molecule has 154 valence electrons. The molecule has 29 heavy (non-hydrogen) atoms. The van der Waals surface area contributed by atoms with E-state index in [1.54, 1.807) is 50.2 Å². The fourth-order valence-electron chi connectivity index (χ4n) is 2.91. The van der Waals surface area contributed by atoms with Gasteiger partial charge in [0.15, 0.2) is 5.92 Å². The molecule has 0 radical (unpaired) electrons. The summed E-state index contributed by atoms with van der Waals surface area (Å²) in [5.74, 6) is -3.01. The van der Waals surface area contributed by atoms with Crippen LogP contribution in [0.2, 0.25) is 5.02 Å². The zero-order valence-corrected chi connectivity index (χ0v) is 16.9. The lowest BCUT2D eigenvalue weighted by molar-refractivity contribution is -0.530. The molecule has 0 aliphatic rings. The van der Waals surface area contributed by atoms with Crippen molar-refractivity contribution in [2.75, 3.05) is 13.2 Å². The lowest BCUT2D eigenvalue weighted by Gasteiger charge is -2.17. The monoisotopic (exact) mass is 419 g/mol. The third-order valence-electron chi connectivity index (χ3n) is 4.31. The summed E-state index contributed by atoms with van der Waals surface area (Å²) in [5, 5.41) is 12.3. The van der Waals surface area contributed by atoms with Crippen LogP contribution in [0.1, 0.15) is 31.9 Å². The predicted octanol–water partition coefficient (Wildman–Crippen LogP) is 4.46. The van der Waals surface area contributed by atoms with Crippen LogP contribution in [0.4, 0.5) is 0 Å². The summed E-state index contributed by atoms with van der Waals surface area (Å²) >= 11 is 6.01. The highest BCUT2D eigenvalue weighted by Crippen LogP contribution is 2.29. The first-order chi connectivity index (χ1) is 13.9. The molecular weight excluding hydrogens is 398 g/mol. The molecule has 0 fully saturated rings. The highest BCUT2D eigenvalue weighted by molar-refractivity contribution is 6.30. The molecule has 8 heteroatoms. The van der Waals surface area contributed by atoms with Crippen molar-refractivity contribution in [3.05, 3.63) is 69.2 Å². The number of carbonyl (C=O) groups is 2. The molecule has 0 amide bonds. The average Bonchev–Trinajstić information content (AvgIpc) is 2.69. The SMILES string of the molecule is CCOC(=O)C(CC(c1ccc(-c2cccc(Cl)c2)cc1)[N+](=O)[O-])C(=O)OCC. The normalized spacial score (nSPS) is 11.7. The number of ether oxygens (including phenoxy) is 2. The molecule has 2 rings (SSSR count). The third kappa shape index (κ3) is 6.02. The van der Waals surface area contributed by atoms with Gasteiger partial charge in [0, 0.05) is 21.9 Å². The van der Waals surface area contributed by atoms with E-state index in [-0.39, 0.29) is 19.6 Å². The first-order valence-electron chi connectivity index (χ1n) is 9.20. The Kier molecular flexibility index (Phi) is 8.15. The zero-order valence-electron chi connectivity index (χ0n) is 16.2. The van der Waals surface area contributed by atoms with E-state index in [9.17, 15) is 19.7 Å². The van der Waals surface area contributed by atoms with E-state index in [2.05, 4.69) is 0 Å². The van der Waals surface area contributed by atoms with Gasteiger partial charge in [-0.15, -0.1) is 0 Å². The standard InChI is InChI=1S/C21H22ClNO6/c1-3-28-20(24)18(21(25)29-4-2)13-19(23(26)27)15-10-8-14(9-11-15)16-6-5-7-17(22)12-16/h5-12,18-19H,3-4,13H2,1-2H3. The van der Waals surface area contributed by atoms with E-state index in [4.69, 9.17) is 21.1 Å². The summed E-state index contributed by atoms with van der Waals surface area (Å²) < 4.78 is 9.80. The van der Waals surface area contributed by atoms with E-state index in [0.717, 1.165) is 11.1 Å². The molecule has 1 atom stereocenters. The second-order valence-corrected chi connectivity index (χ2v) is 6.66. The Labute approximate surface area is 173 Å². The number of hydrogen-bond donors (Lipinski definition) is 0. The molecule has 0 bridgehead atoms. The predicted molar refractivity (Wildman–Crippen MR) is 108 cm³/mol. The van der Waals surface area contributed by atoms with E-state index in [1.165, 1.54) is 0 Å². The maximum Gasteiger partial charge on any atom is 0.320 e. The molecule has 0 saturated heterocycles. The van der Waals surface area contributed by atoms with Gasteiger partial charge in [0.25, 0.3) is 0 Å². The van der Waals surface area contributed by atoms with Gasteiger partial charge >= 0.3 is 11.9 Å². The largest absolute Gasteiger partial charge is 0.465 e. The highest BCUT2D eigenvalue weighted by atomic mass is 35.5. The maximum atomic E-state index is 12.2. The molecule has 0 aliphatic heterocycles. The van der Waals surface area contributed by atoms with Crippen LogP contribution in [0.5, 0.6) is 0 Å². The van der Waals surface area contributed by atoms with E-state index >= 15 is 0 Å². The summed E-state index contributed by atoms with van der Waals surface area (Å²) in [6.07, 6.45) is -0.346. The van der Waals surface area contributed by atoms with Gasteiger partial charge in [-0.25, -0.2) is 0 Å². The van der Waals surface area contributed by atoms with Gasteiger partial charge < -0.3 is 9.47 Å². The Balaban J connectivity index is 2.28. The van der Waals surface area contributed by atoms with Gasteiger partial charge in [0.1, 0.15) is 0 Å². The Hall–Kier alpha value is -2.93. The van der Waals surface area contributed by atoms with Crippen molar-refractivity contribution < 1.29 is 24.0 Å². The number of hydrogen-bond acceptors (Lipinski definition) is 6. The van der Waals surface area contributed by atoms with Gasteiger partial charge in [-0.2, -0.15) is 0 Å². The number of nitro groups is 1. The Bertz CT molecular complexity index is 850. The summed E-state index contributed by atoms with van der Waals surface area (Å²) in [7, 11) is 0. The van der Waals surface area contributed by atoms with Crippen molar-refractivity contribution in [2.24, 2.45) is 5.92 Å². The Morgan fingerprint density at radius 1 is 1.00 bits per heavy atom. The fourth-order valence-corrected chi connectivity index (χ4v) is 3.10. The first-order valence-corrected chi connectivity index (χ1v) is 9.57. The van der Waals surface area contributed by atoms with E-state index in [0.29, 0.717) is 10.6 Å². The molecule has 0 saturated carbocycles. The van der Waals surface area contributed by atoms with Crippen LogP contribution in [0.15, 0.2) is 48.5 Å².